The van der Waals surface area contributed by atoms with Crippen molar-refractivity contribution in [3.8, 4) is 0 Å². The lowest BCUT2D eigenvalue weighted by Crippen LogP contribution is -2.24. The first-order valence-electron chi connectivity index (χ1n) is 3.53. The van der Waals surface area contributed by atoms with Crippen LogP contribution in [-0.4, -0.2) is 13.0 Å². The first-order valence-corrected chi connectivity index (χ1v) is 3.53. The standard InChI is InChI=1S/C7H13NO/c1-8-7(9)5-6-3-2-4-6/h6H,2-5H2,1H3,(H,8,9). The molecule has 2 nitrogen and oxygen atoms in total. The summed E-state index contributed by atoms with van der Waals surface area (Å²) in [6.45, 7) is 0. The van der Waals surface area contributed by atoms with Gasteiger partial charge in [0.25, 0.3) is 0 Å². The van der Waals surface area contributed by atoms with Gasteiger partial charge >= 0.3 is 0 Å². The number of rotatable bonds is 2. The second-order valence-electron chi connectivity index (χ2n) is 2.67. The van der Waals surface area contributed by atoms with E-state index < -0.39 is 0 Å². The average molecular weight is 127 g/mol. The molecule has 1 saturated carbocycles. The highest BCUT2D eigenvalue weighted by molar-refractivity contribution is 5.75. The van der Waals surface area contributed by atoms with Crippen LogP contribution < -0.4 is 5.32 Å². The summed E-state index contributed by atoms with van der Waals surface area (Å²) in [6.07, 6.45) is 4.58. The van der Waals surface area contributed by atoms with Crippen molar-refractivity contribution in [2.75, 3.05) is 7.05 Å². The molecule has 0 radical (unpaired) electrons. The van der Waals surface area contributed by atoms with Crippen LogP contribution in [-0.2, 0) is 4.79 Å². The van der Waals surface area contributed by atoms with Crippen LogP contribution in [0.5, 0.6) is 0 Å². The molecule has 1 amide bonds. The van der Waals surface area contributed by atoms with Gasteiger partial charge in [0.2, 0.25) is 5.91 Å². The van der Waals surface area contributed by atoms with Gasteiger partial charge in [0.1, 0.15) is 0 Å². The molecule has 0 aromatic rings. The fraction of sp³-hybridized carbons (Fsp3) is 0.857. The van der Waals surface area contributed by atoms with Crippen LogP contribution in [0.15, 0.2) is 0 Å². The van der Waals surface area contributed by atoms with Crippen LogP contribution in [0.2, 0.25) is 0 Å². The molecular formula is C7H13NO. The van der Waals surface area contributed by atoms with Gasteiger partial charge < -0.3 is 5.32 Å². The summed E-state index contributed by atoms with van der Waals surface area (Å²) in [4.78, 5) is 10.7. The molecule has 1 fully saturated rings. The molecule has 1 N–H and O–H groups in total. The minimum atomic E-state index is 0.194. The predicted molar refractivity (Wildman–Crippen MR) is 36.0 cm³/mol. The minimum absolute atomic E-state index is 0.194. The Morgan fingerprint density at radius 2 is 2.33 bits per heavy atom. The number of hydrogen-bond donors (Lipinski definition) is 1. The molecule has 0 bridgehead atoms. The summed E-state index contributed by atoms with van der Waals surface area (Å²) in [5.41, 5.74) is 0. The predicted octanol–water partition coefficient (Wildman–Crippen LogP) is 0.923. The molecule has 0 aromatic carbocycles. The van der Waals surface area contributed by atoms with Crippen LogP contribution in [0.3, 0.4) is 0 Å². The van der Waals surface area contributed by atoms with Gasteiger partial charge in [-0.3, -0.25) is 4.79 Å². The summed E-state index contributed by atoms with van der Waals surface area (Å²) >= 11 is 0. The summed E-state index contributed by atoms with van der Waals surface area (Å²) in [6, 6.07) is 0. The largest absolute Gasteiger partial charge is 0.359 e. The molecule has 0 saturated heterocycles. The molecule has 1 aliphatic rings. The third-order valence-electron chi connectivity index (χ3n) is 1.98. The van der Waals surface area contributed by atoms with Crippen molar-refractivity contribution in [2.24, 2.45) is 5.92 Å². The lowest BCUT2D eigenvalue weighted by Gasteiger charge is -2.23. The molecular weight excluding hydrogens is 114 g/mol. The van der Waals surface area contributed by atoms with Gasteiger partial charge in [-0.1, -0.05) is 6.42 Å². The van der Waals surface area contributed by atoms with Gasteiger partial charge in [-0.05, 0) is 18.8 Å². The Hall–Kier alpha value is -0.530. The van der Waals surface area contributed by atoms with Crippen molar-refractivity contribution in [3.63, 3.8) is 0 Å². The Bertz CT molecular complexity index is 107. The third-order valence-corrected chi connectivity index (χ3v) is 1.98. The normalized spacial score (nSPS) is 18.8. The Morgan fingerprint density at radius 1 is 1.67 bits per heavy atom. The summed E-state index contributed by atoms with van der Waals surface area (Å²) < 4.78 is 0. The molecule has 0 aliphatic heterocycles. The van der Waals surface area contributed by atoms with Crippen molar-refractivity contribution < 1.29 is 4.79 Å². The Morgan fingerprint density at radius 3 is 2.67 bits per heavy atom. The monoisotopic (exact) mass is 127 g/mol. The zero-order valence-corrected chi connectivity index (χ0v) is 5.81. The van der Waals surface area contributed by atoms with E-state index in [2.05, 4.69) is 5.32 Å². The molecule has 0 spiro atoms. The lowest BCUT2D eigenvalue weighted by molar-refractivity contribution is -0.122. The van der Waals surface area contributed by atoms with E-state index in [1.54, 1.807) is 7.05 Å². The van der Waals surface area contributed by atoms with Gasteiger partial charge in [-0.2, -0.15) is 0 Å². The van der Waals surface area contributed by atoms with Crippen molar-refractivity contribution in [1.29, 1.82) is 0 Å². The van der Waals surface area contributed by atoms with Gasteiger partial charge in [-0.25, -0.2) is 0 Å². The Kier molecular flexibility index (Phi) is 2.09. The maximum absolute atomic E-state index is 10.7. The zero-order valence-electron chi connectivity index (χ0n) is 5.81. The van der Waals surface area contributed by atoms with E-state index in [-0.39, 0.29) is 5.91 Å². The highest BCUT2D eigenvalue weighted by atomic mass is 16.1. The summed E-state index contributed by atoms with van der Waals surface area (Å²) in [5.74, 6) is 0.893. The lowest BCUT2D eigenvalue weighted by atomic mass is 9.83. The van der Waals surface area contributed by atoms with Crippen LogP contribution in [0.25, 0.3) is 0 Å². The van der Waals surface area contributed by atoms with Crippen LogP contribution >= 0.6 is 0 Å². The van der Waals surface area contributed by atoms with Gasteiger partial charge in [0.05, 0.1) is 0 Å². The number of hydrogen-bond acceptors (Lipinski definition) is 1. The molecule has 0 unspecified atom stereocenters. The molecule has 0 heterocycles. The molecule has 9 heavy (non-hydrogen) atoms. The maximum atomic E-state index is 10.7. The number of carbonyl (C=O) groups is 1. The average Bonchev–Trinajstić information content (AvgIpc) is 1.78. The fourth-order valence-corrected chi connectivity index (χ4v) is 1.06. The van der Waals surface area contributed by atoms with Crippen molar-refractivity contribution in [3.05, 3.63) is 0 Å². The van der Waals surface area contributed by atoms with Gasteiger partial charge in [0.15, 0.2) is 0 Å². The Labute approximate surface area is 55.6 Å². The highest BCUT2D eigenvalue weighted by Gasteiger charge is 2.19. The summed E-state index contributed by atoms with van der Waals surface area (Å²) in [7, 11) is 1.70. The molecule has 52 valence electrons. The molecule has 1 aliphatic carbocycles. The van der Waals surface area contributed by atoms with E-state index in [1.165, 1.54) is 19.3 Å². The van der Waals surface area contributed by atoms with Crippen LogP contribution in [0.1, 0.15) is 25.7 Å². The van der Waals surface area contributed by atoms with Crippen LogP contribution in [0.4, 0.5) is 0 Å². The summed E-state index contributed by atoms with van der Waals surface area (Å²) in [5, 5.41) is 2.63. The highest BCUT2D eigenvalue weighted by Crippen LogP contribution is 2.28. The SMILES string of the molecule is CNC(=O)CC1CCC1. The van der Waals surface area contributed by atoms with E-state index in [9.17, 15) is 4.79 Å². The quantitative estimate of drug-likeness (QED) is 0.587. The van der Waals surface area contributed by atoms with E-state index in [1.807, 2.05) is 0 Å². The molecule has 0 aromatic heterocycles. The number of nitrogens with one attached hydrogen (secondary N) is 1. The minimum Gasteiger partial charge on any atom is -0.359 e. The first kappa shape index (κ1) is 6.59. The van der Waals surface area contributed by atoms with E-state index >= 15 is 0 Å². The third kappa shape index (κ3) is 1.70. The van der Waals surface area contributed by atoms with E-state index in [0.717, 1.165) is 6.42 Å². The van der Waals surface area contributed by atoms with Gasteiger partial charge in [-0.15, -0.1) is 0 Å². The maximum Gasteiger partial charge on any atom is 0.220 e. The van der Waals surface area contributed by atoms with E-state index in [4.69, 9.17) is 0 Å². The smallest absolute Gasteiger partial charge is 0.220 e. The first-order chi connectivity index (χ1) is 4.33. The number of carbonyl (C=O) groups excluding carboxylic acids is 1. The van der Waals surface area contributed by atoms with Crippen molar-refractivity contribution in [1.82, 2.24) is 5.32 Å². The van der Waals surface area contributed by atoms with Crippen molar-refractivity contribution in [2.45, 2.75) is 25.7 Å². The second-order valence-corrected chi connectivity index (χ2v) is 2.67. The van der Waals surface area contributed by atoms with Crippen LogP contribution in [0, 0.1) is 5.92 Å². The molecule has 2 heteroatoms. The van der Waals surface area contributed by atoms with E-state index in [0.29, 0.717) is 5.92 Å². The molecule has 1 rings (SSSR count). The van der Waals surface area contributed by atoms with Gasteiger partial charge in [0, 0.05) is 13.5 Å². The molecule has 0 atom stereocenters. The topological polar surface area (TPSA) is 29.1 Å². The zero-order chi connectivity index (χ0) is 6.69. The Balaban J connectivity index is 2.09. The van der Waals surface area contributed by atoms with Crippen molar-refractivity contribution >= 4 is 5.91 Å². The second kappa shape index (κ2) is 2.85. The fourth-order valence-electron chi connectivity index (χ4n) is 1.06. The number of amides is 1.